The Morgan fingerprint density at radius 2 is 1.78 bits per heavy atom. The molecular formula is C22H26ClN3O. The minimum atomic E-state index is -0.0156. The normalized spacial score (nSPS) is 15.9. The lowest BCUT2D eigenvalue weighted by Gasteiger charge is -2.33. The van der Waals surface area contributed by atoms with Gasteiger partial charge in [0.2, 0.25) is 5.91 Å². The fourth-order valence-corrected chi connectivity index (χ4v) is 3.43. The van der Waals surface area contributed by atoms with Crippen molar-refractivity contribution < 1.29 is 4.79 Å². The van der Waals surface area contributed by atoms with E-state index in [1.165, 1.54) is 5.56 Å². The van der Waals surface area contributed by atoms with Crippen LogP contribution in [0, 0.1) is 6.92 Å². The van der Waals surface area contributed by atoms with Gasteiger partial charge in [-0.2, -0.15) is 0 Å². The summed E-state index contributed by atoms with van der Waals surface area (Å²) in [5.41, 5.74) is 2.98. The van der Waals surface area contributed by atoms with Gasteiger partial charge in [-0.3, -0.25) is 14.6 Å². The number of amides is 1. The molecule has 1 aliphatic heterocycles. The summed E-state index contributed by atoms with van der Waals surface area (Å²) in [5, 5.41) is 3.49. The zero-order valence-electron chi connectivity index (χ0n) is 15.7. The summed E-state index contributed by atoms with van der Waals surface area (Å²) in [5.74, 6) is -0.0156. The molecule has 1 fully saturated rings. The molecule has 142 valence electrons. The van der Waals surface area contributed by atoms with E-state index in [4.69, 9.17) is 11.6 Å². The number of aryl methyl sites for hydroxylation is 1. The van der Waals surface area contributed by atoms with Crippen LogP contribution in [-0.2, 0) is 4.79 Å². The maximum Gasteiger partial charge on any atom is 0.238 e. The summed E-state index contributed by atoms with van der Waals surface area (Å²) >= 11 is 6.19. The van der Waals surface area contributed by atoms with Crippen molar-refractivity contribution in [3.8, 4) is 0 Å². The second kappa shape index (κ2) is 9.70. The van der Waals surface area contributed by atoms with Gasteiger partial charge in [-0.05, 0) is 30.2 Å². The molecule has 0 unspecified atom stereocenters. The third kappa shape index (κ3) is 6.21. The molecule has 1 amide bonds. The van der Waals surface area contributed by atoms with Crippen molar-refractivity contribution >= 4 is 29.3 Å². The topological polar surface area (TPSA) is 35.6 Å². The number of piperazine rings is 1. The van der Waals surface area contributed by atoms with Gasteiger partial charge in [0.15, 0.2) is 0 Å². The first-order valence-electron chi connectivity index (χ1n) is 9.32. The molecule has 0 saturated carbocycles. The summed E-state index contributed by atoms with van der Waals surface area (Å²) in [6.45, 7) is 7.05. The number of hydrogen-bond acceptors (Lipinski definition) is 3. The predicted molar refractivity (Wildman–Crippen MR) is 113 cm³/mol. The number of nitrogens with one attached hydrogen (secondary N) is 1. The van der Waals surface area contributed by atoms with E-state index < -0.39 is 0 Å². The first-order chi connectivity index (χ1) is 13.1. The lowest BCUT2D eigenvalue weighted by Crippen LogP contribution is -2.48. The SMILES string of the molecule is Cc1ccc(NC(=O)CN2CCN(C/C=C/c3ccccc3)CC2)c(Cl)c1. The Labute approximate surface area is 166 Å². The van der Waals surface area contributed by atoms with Crippen molar-refractivity contribution in [3.05, 3.63) is 70.8 Å². The maximum atomic E-state index is 12.3. The Balaban J connectivity index is 1.40. The molecule has 1 aliphatic rings. The highest BCUT2D eigenvalue weighted by Crippen LogP contribution is 2.22. The molecule has 27 heavy (non-hydrogen) atoms. The van der Waals surface area contributed by atoms with Crippen LogP contribution in [0.3, 0.4) is 0 Å². The molecule has 5 heteroatoms. The number of rotatable bonds is 6. The second-order valence-electron chi connectivity index (χ2n) is 6.92. The number of carbonyl (C=O) groups is 1. The molecule has 0 aliphatic carbocycles. The van der Waals surface area contributed by atoms with Crippen molar-refractivity contribution in [1.29, 1.82) is 0 Å². The maximum absolute atomic E-state index is 12.3. The number of halogens is 1. The molecule has 3 rings (SSSR count). The lowest BCUT2D eigenvalue weighted by molar-refractivity contribution is -0.117. The van der Waals surface area contributed by atoms with Crippen molar-refractivity contribution in [1.82, 2.24) is 9.80 Å². The Bertz CT molecular complexity index is 783. The molecule has 2 aromatic carbocycles. The van der Waals surface area contributed by atoms with Gasteiger partial charge in [-0.25, -0.2) is 0 Å². The number of carbonyl (C=O) groups excluding carboxylic acids is 1. The van der Waals surface area contributed by atoms with Crippen LogP contribution in [-0.4, -0.2) is 55.0 Å². The highest BCUT2D eigenvalue weighted by molar-refractivity contribution is 6.33. The van der Waals surface area contributed by atoms with Gasteiger partial charge in [-0.1, -0.05) is 60.2 Å². The minimum Gasteiger partial charge on any atom is -0.324 e. The molecule has 1 saturated heterocycles. The van der Waals surface area contributed by atoms with Gasteiger partial charge in [0.05, 0.1) is 17.3 Å². The third-order valence-corrected chi connectivity index (χ3v) is 5.02. The summed E-state index contributed by atoms with van der Waals surface area (Å²) in [4.78, 5) is 16.9. The van der Waals surface area contributed by atoms with Gasteiger partial charge < -0.3 is 5.32 Å². The molecule has 0 atom stereocenters. The largest absolute Gasteiger partial charge is 0.324 e. The van der Waals surface area contributed by atoms with E-state index in [9.17, 15) is 4.79 Å². The van der Waals surface area contributed by atoms with Crippen molar-refractivity contribution in [2.45, 2.75) is 6.92 Å². The van der Waals surface area contributed by atoms with Crippen LogP contribution in [0.1, 0.15) is 11.1 Å². The lowest BCUT2D eigenvalue weighted by atomic mass is 10.2. The standard InChI is InChI=1S/C22H26ClN3O/c1-18-9-10-21(20(23)16-18)24-22(27)17-26-14-12-25(13-15-26)11-5-8-19-6-3-2-4-7-19/h2-10,16H,11-15,17H2,1H3,(H,24,27)/b8-5+. The van der Waals surface area contributed by atoms with E-state index in [-0.39, 0.29) is 5.91 Å². The molecule has 4 nitrogen and oxygen atoms in total. The number of anilines is 1. The Morgan fingerprint density at radius 1 is 1.07 bits per heavy atom. The predicted octanol–water partition coefficient (Wildman–Crippen LogP) is 3.92. The summed E-state index contributed by atoms with van der Waals surface area (Å²) in [7, 11) is 0. The molecule has 0 spiro atoms. The van der Waals surface area contributed by atoms with E-state index in [1.807, 2.05) is 43.3 Å². The van der Waals surface area contributed by atoms with Gasteiger partial charge >= 0.3 is 0 Å². The highest BCUT2D eigenvalue weighted by Gasteiger charge is 2.18. The van der Waals surface area contributed by atoms with Crippen LogP contribution in [0.4, 0.5) is 5.69 Å². The first-order valence-corrected chi connectivity index (χ1v) is 9.70. The Hall–Kier alpha value is -2.14. The van der Waals surface area contributed by atoms with E-state index in [2.05, 4.69) is 39.4 Å². The van der Waals surface area contributed by atoms with E-state index in [0.29, 0.717) is 17.3 Å². The van der Waals surface area contributed by atoms with Crippen molar-refractivity contribution in [2.75, 3.05) is 44.6 Å². The van der Waals surface area contributed by atoms with Crippen LogP contribution >= 0.6 is 11.6 Å². The monoisotopic (exact) mass is 383 g/mol. The van der Waals surface area contributed by atoms with Crippen molar-refractivity contribution in [3.63, 3.8) is 0 Å². The quantitative estimate of drug-likeness (QED) is 0.821. The zero-order valence-corrected chi connectivity index (χ0v) is 16.5. The van der Waals surface area contributed by atoms with Crippen molar-refractivity contribution in [2.24, 2.45) is 0 Å². The van der Waals surface area contributed by atoms with Gasteiger partial charge in [0.25, 0.3) is 0 Å². The zero-order chi connectivity index (χ0) is 19.1. The van der Waals surface area contributed by atoms with Crippen LogP contribution in [0.2, 0.25) is 5.02 Å². The second-order valence-corrected chi connectivity index (χ2v) is 7.33. The third-order valence-electron chi connectivity index (χ3n) is 4.70. The summed E-state index contributed by atoms with van der Waals surface area (Å²) in [6, 6.07) is 16.0. The average molecular weight is 384 g/mol. The Morgan fingerprint density at radius 3 is 2.48 bits per heavy atom. The van der Waals surface area contributed by atoms with Crippen LogP contribution < -0.4 is 5.32 Å². The molecule has 1 N–H and O–H groups in total. The van der Waals surface area contributed by atoms with E-state index in [0.717, 1.165) is 38.3 Å². The number of hydrogen-bond donors (Lipinski definition) is 1. The Kier molecular flexibility index (Phi) is 7.04. The molecule has 0 aromatic heterocycles. The van der Waals surface area contributed by atoms with Gasteiger partial charge in [0.1, 0.15) is 0 Å². The van der Waals surface area contributed by atoms with Gasteiger partial charge in [0, 0.05) is 32.7 Å². The van der Waals surface area contributed by atoms with Crippen LogP contribution in [0.25, 0.3) is 6.08 Å². The first kappa shape index (κ1) is 19.6. The van der Waals surface area contributed by atoms with Crippen LogP contribution in [0.15, 0.2) is 54.6 Å². The molecule has 2 aromatic rings. The summed E-state index contributed by atoms with van der Waals surface area (Å²) < 4.78 is 0. The minimum absolute atomic E-state index is 0.0156. The fourth-order valence-electron chi connectivity index (χ4n) is 3.15. The molecule has 0 radical (unpaired) electrons. The molecular weight excluding hydrogens is 358 g/mol. The van der Waals surface area contributed by atoms with E-state index in [1.54, 1.807) is 0 Å². The molecule has 1 heterocycles. The highest BCUT2D eigenvalue weighted by atomic mass is 35.5. The van der Waals surface area contributed by atoms with Gasteiger partial charge in [-0.15, -0.1) is 0 Å². The average Bonchev–Trinajstić information content (AvgIpc) is 2.66. The number of nitrogens with zero attached hydrogens (tertiary/aromatic N) is 2. The fraction of sp³-hybridized carbons (Fsp3) is 0.318. The number of benzene rings is 2. The summed E-state index contributed by atoms with van der Waals surface area (Å²) in [6.07, 6.45) is 4.36. The smallest absolute Gasteiger partial charge is 0.238 e. The molecule has 0 bridgehead atoms. The van der Waals surface area contributed by atoms with Crippen LogP contribution in [0.5, 0.6) is 0 Å². The van der Waals surface area contributed by atoms with E-state index >= 15 is 0 Å².